The minimum absolute atomic E-state index is 0.0756. The van der Waals surface area contributed by atoms with Crippen LogP contribution in [0.15, 0.2) is 24.3 Å². The summed E-state index contributed by atoms with van der Waals surface area (Å²) in [4.78, 5) is 9.56. The molecule has 0 radical (unpaired) electrons. The molecule has 0 fully saturated rings. The Morgan fingerprint density at radius 2 is 2.21 bits per heavy atom. The molecule has 0 aliphatic rings. The van der Waals surface area contributed by atoms with E-state index in [-0.39, 0.29) is 5.56 Å². The Labute approximate surface area is 79.7 Å². The number of hydrogen-bond acceptors (Lipinski definition) is 3. The third kappa shape index (κ3) is 2.26. The van der Waals surface area contributed by atoms with Crippen molar-refractivity contribution in [3.63, 3.8) is 0 Å². The molecule has 1 atom stereocenters. The fraction of sp³-hybridized carbons (Fsp3) is 0.222. The maximum atomic E-state index is 13.1. The quantitative estimate of drug-likeness (QED) is 0.543. The molecule has 0 spiro atoms. The lowest BCUT2D eigenvalue weighted by atomic mass is 10.0. The van der Waals surface area contributed by atoms with E-state index in [1.165, 1.54) is 18.2 Å². The third-order valence-corrected chi connectivity index (χ3v) is 1.77. The van der Waals surface area contributed by atoms with Gasteiger partial charge in [-0.2, -0.15) is 5.26 Å². The summed E-state index contributed by atoms with van der Waals surface area (Å²) in [6, 6.07) is 7.29. The number of halogens is 1. The minimum Gasteiger partial charge on any atom is -0.264 e. The lowest BCUT2D eigenvalue weighted by Gasteiger charge is -2.04. The molecule has 0 saturated carbocycles. The van der Waals surface area contributed by atoms with E-state index >= 15 is 0 Å². The van der Waals surface area contributed by atoms with Crippen LogP contribution in [0.3, 0.4) is 0 Å². The van der Waals surface area contributed by atoms with Crippen LogP contribution in [0.1, 0.15) is 11.5 Å². The minimum atomic E-state index is -1.02. The molecule has 0 aliphatic carbocycles. The van der Waals surface area contributed by atoms with Crippen LogP contribution in [0.5, 0.6) is 0 Å². The lowest BCUT2D eigenvalue weighted by molar-refractivity contribution is -0.481. The molecule has 0 bridgehead atoms. The van der Waals surface area contributed by atoms with Crippen LogP contribution < -0.4 is 0 Å². The van der Waals surface area contributed by atoms with Crippen molar-refractivity contribution < 1.29 is 9.31 Å². The van der Waals surface area contributed by atoms with E-state index < -0.39 is 23.2 Å². The topological polar surface area (TPSA) is 66.9 Å². The van der Waals surface area contributed by atoms with Crippen molar-refractivity contribution in [3.05, 3.63) is 45.8 Å². The molecule has 1 aromatic carbocycles. The molecule has 0 aliphatic heterocycles. The number of rotatable bonds is 3. The van der Waals surface area contributed by atoms with Crippen LogP contribution in [-0.4, -0.2) is 11.5 Å². The summed E-state index contributed by atoms with van der Waals surface area (Å²) in [6.45, 7) is -0.572. The van der Waals surface area contributed by atoms with Gasteiger partial charge in [0, 0.05) is 10.5 Å². The first-order valence-electron chi connectivity index (χ1n) is 3.91. The van der Waals surface area contributed by atoms with Gasteiger partial charge in [-0.05, 0) is 6.07 Å². The molecular formula is C9H7FN2O2. The van der Waals surface area contributed by atoms with Gasteiger partial charge in [-0.1, -0.05) is 18.2 Å². The van der Waals surface area contributed by atoms with Crippen molar-refractivity contribution in [3.8, 4) is 6.07 Å². The van der Waals surface area contributed by atoms with Crippen molar-refractivity contribution in [2.45, 2.75) is 5.92 Å². The Balaban J connectivity index is 2.96. The lowest BCUT2D eigenvalue weighted by Crippen LogP contribution is -2.12. The summed E-state index contributed by atoms with van der Waals surface area (Å²) >= 11 is 0. The first-order valence-corrected chi connectivity index (χ1v) is 3.91. The standard InChI is InChI=1S/C9H7FN2O2/c10-9-4-2-1-3-8(9)7(5-11)6-12(13)14/h1-4,7H,6H2. The number of hydrogen-bond donors (Lipinski definition) is 0. The van der Waals surface area contributed by atoms with Crippen LogP contribution in [0.4, 0.5) is 4.39 Å². The van der Waals surface area contributed by atoms with E-state index in [0.717, 1.165) is 0 Å². The van der Waals surface area contributed by atoms with Gasteiger partial charge in [0.1, 0.15) is 11.7 Å². The second-order valence-corrected chi connectivity index (χ2v) is 2.72. The molecule has 1 unspecified atom stereocenters. The van der Waals surface area contributed by atoms with Gasteiger partial charge in [-0.25, -0.2) is 4.39 Å². The van der Waals surface area contributed by atoms with Gasteiger partial charge >= 0.3 is 0 Å². The van der Waals surface area contributed by atoms with Crippen LogP contribution in [-0.2, 0) is 0 Å². The maximum Gasteiger partial charge on any atom is 0.223 e. The Kier molecular flexibility index (Phi) is 3.13. The van der Waals surface area contributed by atoms with Gasteiger partial charge < -0.3 is 0 Å². The van der Waals surface area contributed by atoms with Crippen LogP contribution >= 0.6 is 0 Å². The van der Waals surface area contributed by atoms with Crippen LogP contribution in [0.2, 0.25) is 0 Å². The molecule has 0 saturated heterocycles. The molecule has 0 heterocycles. The molecule has 14 heavy (non-hydrogen) atoms. The van der Waals surface area contributed by atoms with E-state index in [9.17, 15) is 14.5 Å². The molecule has 1 aromatic rings. The molecule has 5 heteroatoms. The Morgan fingerprint density at radius 3 is 2.71 bits per heavy atom. The van der Waals surface area contributed by atoms with E-state index in [1.807, 2.05) is 0 Å². The zero-order chi connectivity index (χ0) is 10.6. The largest absolute Gasteiger partial charge is 0.264 e. The highest BCUT2D eigenvalue weighted by atomic mass is 19.1. The van der Waals surface area contributed by atoms with Crippen LogP contribution in [0, 0.1) is 27.3 Å². The highest BCUT2D eigenvalue weighted by Gasteiger charge is 2.19. The second-order valence-electron chi connectivity index (χ2n) is 2.72. The Morgan fingerprint density at radius 1 is 1.57 bits per heavy atom. The summed E-state index contributed by atoms with van der Waals surface area (Å²) in [5.74, 6) is -1.60. The van der Waals surface area contributed by atoms with E-state index in [0.29, 0.717) is 0 Å². The molecule has 1 rings (SSSR count). The maximum absolute atomic E-state index is 13.1. The van der Waals surface area contributed by atoms with Crippen molar-refractivity contribution in [1.82, 2.24) is 0 Å². The second kappa shape index (κ2) is 4.33. The zero-order valence-corrected chi connectivity index (χ0v) is 7.18. The van der Waals surface area contributed by atoms with Crippen molar-refractivity contribution in [1.29, 1.82) is 5.26 Å². The van der Waals surface area contributed by atoms with E-state index in [2.05, 4.69) is 0 Å². The normalized spacial score (nSPS) is 11.7. The monoisotopic (exact) mass is 194 g/mol. The number of nitriles is 1. The summed E-state index contributed by atoms with van der Waals surface area (Å²) in [5, 5.41) is 18.8. The van der Waals surface area contributed by atoms with Gasteiger partial charge in [0.15, 0.2) is 0 Å². The smallest absolute Gasteiger partial charge is 0.223 e. The predicted molar refractivity (Wildman–Crippen MR) is 46.6 cm³/mol. The number of benzene rings is 1. The first-order chi connectivity index (χ1) is 6.65. The molecule has 0 aromatic heterocycles. The van der Waals surface area contributed by atoms with E-state index in [4.69, 9.17) is 5.26 Å². The summed E-state index contributed by atoms with van der Waals surface area (Å²) in [7, 11) is 0. The van der Waals surface area contributed by atoms with Gasteiger partial charge in [0.25, 0.3) is 0 Å². The highest BCUT2D eigenvalue weighted by molar-refractivity contribution is 5.26. The van der Waals surface area contributed by atoms with Gasteiger partial charge in [0.2, 0.25) is 6.54 Å². The zero-order valence-electron chi connectivity index (χ0n) is 7.18. The SMILES string of the molecule is N#CC(C[N+](=O)[O-])c1ccccc1F. The van der Waals surface area contributed by atoms with Crippen molar-refractivity contribution >= 4 is 0 Å². The molecule has 0 amide bonds. The predicted octanol–water partition coefficient (Wildman–Crippen LogP) is 1.71. The molecule has 0 N–H and O–H groups in total. The first kappa shape index (κ1) is 10.1. The number of nitro groups is 1. The third-order valence-electron chi connectivity index (χ3n) is 1.77. The van der Waals surface area contributed by atoms with Crippen molar-refractivity contribution in [2.24, 2.45) is 0 Å². The fourth-order valence-electron chi connectivity index (χ4n) is 1.12. The summed E-state index contributed by atoms with van der Waals surface area (Å²) < 4.78 is 13.1. The molecular weight excluding hydrogens is 187 g/mol. The summed E-state index contributed by atoms with van der Waals surface area (Å²) in [6.07, 6.45) is 0. The van der Waals surface area contributed by atoms with Crippen LogP contribution in [0.25, 0.3) is 0 Å². The Bertz CT molecular complexity index is 387. The number of nitrogens with zero attached hydrogens (tertiary/aromatic N) is 2. The van der Waals surface area contributed by atoms with Crippen molar-refractivity contribution in [2.75, 3.05) is 6.54 Å². The Hall–Kier alpha value is -1.96. The fourth-order valence-corrected chi connectivity index (χ4v) is 1.12. The summed E-state index contributed by atoms with van der Waals surface area (Å²) in [5.41, 5.74) is 0.0756. The molecule has 4 nitrogen and oxygen atoms in total. The van der Waals surface area contributed by atoms with E-state index in [1.54, 1.807) is 12.1 Å². The van der Waals surface area contributed by atoms with Gasteiger partial charge in [-0.3, -0.25) is 10.1 Å². The van der Waals surface area contributed by atoms with Gasteiger partial charge in [0.05, 0.1) is 6.07 Å². The van der Waals surface area contributed by atoms with Gasteiger partial charge in [-0.15, -0.1) is 0 Å². The average molecular weight is 194 g/mol. The molecule has 72 valence electrons. The highest BCUT2D eigenvalue weighted by Crippen LogP contribution is 2.18. The average Bonchev–Trinajstić information content (AvgIpc) is 2.15.